The molecule has 1 unspecified atom stereocenters. The van der Waals surface area contributed by atoms with Crippen molar-refractivity contribution in [2.45, 2.75) is 62.3 Å². The minimum Gasteiger partial charge on any atom is -0.345 e. The molecule has 6 rings (SSSR count). The molecule has 2 aliphatic heterocycles. The number of hydrogen-bond donors (Lipinski definition) is 1. The zero-order valence-electron chi connectivity index (χ0n) is 26.6. The lowest BCUT2D eigenvalue weighted by Gasteiger charge is -2.37. The number of carbonyl (C=O) groups excluding carboxylic acids is 1. The first-order valence-corrected chi connectivity index (χ1v) is 17.9. The highest BCUT2D eigenvalue weighted by Crippen LogP contribution is 2.36. The largest absolute Gasteiger partial charge is 0.416 e. The lowest BCUT2D eigenvalue weighted by molar-refractivity contribution is -0.137. The van der Waals surface area contributed by atoms with Gasteiger partial charge < -0.3 is 10.2 Å². The van der Waals surface area contributed by atoms with Crippen molar-refractivity contribution in [3.63, 3.8) is 0 Å². The smallest absolute Gasteiger partial charge is 0.345 e. The molecular weight excluding hydrogens is 625 g/mol. The molecular formula is C36H39F3N4O3S. The summed E-state index contributed by atoms with van der Waals surface area (Å²) >= 11 is 0. The monoisotopic (exact) mass is 664 g/mol. The number of sulfone groups is 1. The Morgan fingerprint density at radius 3 is 2.23 bits per heavy atom. The zero-order valence-corrected chi connectivity index (χ0v) is 27.4. The number of pyridine rings is 1. The summed E-state index contributed by atoms with van der Waals surface area (Å²) in [4.78, 5) is 24.2. The van der Waals surface area contributed by atoms with Gasteiger partial charge in [-0.1, -0.05) is 42.5 Å². The molecule has 0 bridgehead atoms. The van der Waals surface area contributed by atoms with Crippen molar-refractivity contribution in [2.75, 3.05) is 32.4 Å². The average molecular weight is 665 g/mol. The Balaban J connectivity index is 1.48. The van der Waals surface area contributed by atoms with E-state index in [4.69, 9.17) is 4.98 Å². The number of piperidine rings is 1. The van der Waals surface area contributed by atoms with Crippen LogP contribution in [0.15, 0.2) is 77.7 Å². The first-order valence-electron chi connectivity index (χ1n) is 16.0. The molecule has 0 aliphatic carbocycles. The molecule has 1 amide bonds. The van der Waals surface area contributed by atoms with Gasteiger partial charge >= 0.3 is 6.18 Å². The zero-order chi connectivity index (χ0) is 33.3. The number of amides is 1. The number of alkyl halides is 3. The fourth-order valence-electron chi connectivity index (χ4n) is 6.85. The second-order valence-electron chi connectivity index (χ2n) is 12.7. The molecule has 2 fully saturated rings. The average Bonchev–Trinajstić information content (AvgIpc) is 3.59. The number of fused-ring (bicyclic) bond motifs is 1. The van der Waals surface area contributed by atoms with Gasteiger partial charge in [0.1, 0.15) is 0 Å². The van der Waals surface area contributed by atoms with E-state index in [1.165, 1.54) is 37.1 Å². The Morgan fingerprint density at radius 2 is 1.62 bits per heavy atom. The van der Waals surface area contributed by atoms with Gasteiger partial charge in [-0.3, -0.25) is 9.69 Å². The summed E-state index contributed by atoms with van der Waals surface area (Å²) < 4.78 is 65.8. The molecule has 2 aliphatic rings. The summed E-state index contributed by atoms with van der Waals surface area (Å²) in [6, 6.07) is 18.9. The summed E-state index contributed by atoms with van der Waals surface area (Å²) in [7, 11) is -3.62. The van der Waals surface area contributed by atoms with Gasteiger partial charge in [-0.05, 0) is 94.7 Å². The van der Waals surface area contributed by atoms with Crippen LogP contribution in [0.3, 0.4) is 0 Å². The van der Waals surface area contributed by atoms with Crippen LogP contribution in [0, 0.1) is 0 Å². The highest BCUT2D eigenvalue weighted by Gasteiger charge is 2.32. The second kappa shape index (κ2) is 13.4. The van der Waals surface area contributed by atoms with E-state index in [0.29, 0.717) is 40.3 Å². The number of hydrogen-bond acceptors (Lipinski definition) is 6. The van der Waals surface area contributed by atoms with Crippen LogP contribution >= 0.6 is 0 Å². The van der Waals surface area contributed by atoms with Crippen LogP contribution in [0.5, 0.6) is 0 Å². The molecule has 1 N–H and O–H groups in total. The Kier molecular flexibility index (Phi) is 9.42. The van der Waals surface area contributed by atoms with Crippen LogP contribution in [0.4, 0.5) is 13.2 Å². The normalized spacial score (nSPS) is 17.6. The molecule has 7 nitrogen and oxygen atoms in total. The fraction of sp³-hybridized carbons (Fsp3) is 0.389. The van der Waals surface area contributed by atoms with Crippen LogP contribution in [0.25, 0.3) is 22.2 Å². The van der Waals surface area contributed by atoms with Gasteiger partial charge in [0.25, 0.3) is 5.91 Å². The predicted molar refractivity (Wildman–Crippen MR) is 177 cm³/mol. The maximum absolute atomic E-state index is 14.4. The van der Waals surface area contributed by atoms with Crippen molar-refractivity contribution >= 4 is 26.6 Å². The van der Waals surface area contributed by atoms with Crippen molar-refractivity contribution < 1.29 is 26.4 Å². The van der Waals surface area contributed by atoms with Crippen LogP contribution < -0.4 is 5.32 Å². The summed E-state index contributed by atoms with van der Waals surface area (Å²) in [6.45, 7) is 6.01. The van der Waals surface area contributed by atoms with E-state index >= 15 is 0 Å². The Morgan fingerprint density at radius 1 is 0.957 bits per heavy atom. The van der Waals surface area contributed by atoms with Crippen molar-refractivity contribution in [2.24, 2.45) is 0 Å². The first kappa shape index (κ1) is 33.1. The minimum absolute atomic E-state index is 0.0524. The van der Waals surface area contributed by atoms with Crippen molar-refractivity contribution in [1.82, 2.24) is 20.1 Å². The molecule has 1 aromatic heterocycles. The molecule has 3 heterocycles. The molecule has 0 radical (unpaired) electrons. The second-order valence-corrected chi connectivity index (χ2v) is 14.7. The third kappa shape index (κ3) is 7.37. The van der Waals surface area contributed by atoms with E-state index < -0.39 is 27.5 Å². The molecule has 47 heavy (non-hydrogen) atoms. The van der Waals surface area contributed by atoms with Gasteiger partial charge in [-0.2, -0.15) is 13.2 Å². The molecule has 4 aromatic rings. The summed E-state index contributed by atoms with van der Waals surface area (Å²) in [5, 5.41) is 3.48. The maximum atomic E-state index is 14.4. The van der Waals surface area contributed by atoms with E-state index in [1.807, 2.05) is 37.3 Å². The summed E-state index contributed by atoms with van der Waals surface area (Å²) in [5.41, 5.74) is 2.17. The number of halogens is 3. The molecule has 3 aromatic carbocycles. The van der Waals surface area contributed by atoms with Crippen molar-refractivity contribution in [3.05, 3.63) is 95.1 Å². The predicted octanol–water partition coefficient (Wildman–Crippen LogP) is 6.88. The van der Waals surface area contributed by atoms with E-state index in [-0.39, 0.29) is 16.5 Å². The van der Waals surface area contributed by atoms with Crippen LogP contribution in [0.2, 0.25) is 0 Å². The lowest BCUT2D eigenvalue weighted by atomic mass is 9.93. The Bertz CT molecular complexity index is 1850. The number of nitrogens with one attached hydrogen (secondary N) is 1. The highest BCUT2D eigenvalue weighted by molar-refractivity contribution is 7.90. The molecule has 2 saturated heterocycles. The molecule has 0 saturated carbocycles. The summed E-state index contributed by atoms with van der Waals surface area (Å²) in [6.07, 6.45) is 0.992. The number of nitrogens with zero attached hydrogens (tertiary/aromatic N) is 3. The van der Waals surface area contributed by atoms with Gasteiger partial charge in [-0.15, -0.1) is 0 Å². The quantitative estimate of drug-likeness (QED) is 0.221. The highest BCUT2D eigenvalue weighted by atomic mass is 32.2. The third-order valence-corrected chi connectivity index (χ3v) is 10.6. The SMILES string of the molecule is CC(NC(=O)c1c(CN2CCC(N3CCCC3)CC2)c(-c2ccc(C(F)(F)F)cc2)nc2ccc(S(C)(=O)=O)cc12)c1ccccc1. The van der Waals surface area contributed by atoms with E-state index in [9.17, 15) is 26.4 Å². The van der Waals surface area contributed by atoms with Gasteiger partial charge in [0, 0.05) is 35.4 Å². The van der Waals surface area contributed by atoms with Gasteiger partial charge in [-0.25, -0.2) is 13.4 Å². The number of likely N-dealkylation sites (tertiary alicyclic amines) is 2. The van der Waals surface area contributed by atoms with E-state index in [1.54, 1.807) is 6.07 Å². The van der Waals surface area contributed by atoms with Gasteiger partial charge in [0.2, 0.25) is 0 Å². The molecule has 11 heteroatoms. The van der Waals surface area contributed by atoms with E-state index in [2.05, 4.69) is 15.1 Å². The fourth-order valence-corrected chi connectivity index (χ4v) is 7.50. The maximum Gasteiger partial charge on any atom is 0.416 e. The van der Waals surface area contributed by atoms with E-state index in [0.717, 1.165) is 63.0 Å². The number of carbonyl (C=O) groups is 1. The molecule has 0 spiro atoms. The van der Waals surface area contributed by atoms with Crippen molar-refractivity contribution in [1.29, 1.82) is 0 Å². The standard InChI is InChI=1S/C36H39F3N4O3S/c1-24(25-8-4-3-5-9-25)40-35(44)33-30-22-29(47(2,45)46)14-15-32(30)41-34(26-10-12-27(13-11-26)36(37,38)39)31(33)23-42-20-16-28(17-21-42)43-18-6-7-19-43/h3-5,8-15,22,24,28H,6-7,16-21,23H2,1-2H3,(H,40,44). The van der Waals surface area contributed by atoms with Crippen LogP contribution in [-0.2, 0) is 22.6 Å². The first-order chi connectivity index (χ1) is 22.4. The number of aromatic nitrogens is 1. The van der Waals surface area contributed by atoms with Crippen molar-refractivity contribution in [3.8, 4) is 11.3 Å². The van der Waals surface area contributed by atoms with Gasteiger partial charge in [0.15, 0.2) is 9.84 Å². The number of rotatable bonds is 8. The topological polar surface area (TPSA) is 82.6 Å². The number of benzene rings is 3. The van der Waals surface area contributed by atoms with Crippen LogP contribution in [-0.4, -0.2) is 67.6 Å². The third-order valence-electron chi connectivity index (χ3n) is 9.44. The van der Waals surface area contributed by atoms with Gasteiger partial charge in [0.05, 0.1) is 33.3 Å². The Hall–Kier alpha value is -3.80. The Labute approximate surface area is 273 Å². The molecule has 1 atom stereocenters. The van der Waals surface area contributed by atoms with Crippen LogP contribution in [0.1, 0.15) is 65.7 Å². The molecule has 248 valence electrons. The minimum atomic E-state index is -4.50. The summed E-state index contributed by atoms with van der Waals surface area (Å²) in [5.74, 6) is -0.408. The lowest BCUT2D eigenvalue weighted by Crippen LogP contribution is -2.43.